The maximum atomic E-state index is 13.9. The molecule has 13 heteroatoms. The summed E-state index contributed by atoms with van der Waals surface area (Å²) in [6.07, 6.45) is 4.63. The minimum absolute atomic E-state index is 0.0227. The summed E-state index contributed by atoms with van der Waals surface area (Å²) < 4.78 is 31.6. The average molecular weight is 490 g/mol. The minimum Gasteiger partial charge on any atom is -0.469 e. The molecule has 0 spiro atoms. The monoisotopic (exact) mass is 490 g/mol. The van der Waals surface area contributed by atoms with Gasteiger partial charge in [-0.25, -0.2) is 18.6 Å². The lowest BCUT2D eigenvalue weighted by molar-refractivity contribution is -0.140. The number of benzene rings is 1. The number of halogens is 2. The van der Waals surface area contributed by atoms with Gasteiger partial charge in [0.1, 0.15) is 23.4 Å². The van der Waals surface area contributed by atoms with Crippen molar-refractivity contribution in [3.63, 3.8) is 0 Å². The third-order valence-electron chi connectivity index (χ3n) is 5.29. The van der Waals surface area contributed by atoms with Crippen LogP contribution in [0.25, 0.3) is 0 Å². The van der Waals surface area contributed by atoms with Gasteiger partial charge in [-0.15, -0.1) is 0 Å². The smallest absolute Gasteiger partial charge is 0.319 e. The third kappa shape index (κ3) is 6.68. The van der Waals surface area contributed by atoms with E-state index in [9.17, 15) is 28.0 Å². The summed E-state index contributed by atoms with van der Waals surface area (Å²) in [6.45, 7) is 0.267. The Morgan fingerprint density at radius 3 is 2.69 bits per heavy atom. The highest BCUT2D eigenvalue weighted by Crippen LogP contribution is 2.21. The van der Waals surface area contributed by atoms with Crippen molar-refractivity contribution in [2.45, 2.75) is 31.3 Å². The van der Waals surface area contributed by atoms with Crippen molar-refractivity contribution in [2.75, 3.05) is 25.5 Å². The van der Waals surface area contributed by atoms with Gasteiger partial charge in [0.2, 0.25) is 5.91 Å². The van der Waals surface area contributed by atoms with Gasteiger partial charge in [0.15, 0.2) is 0 Å². The van der Waals surface area contributed by atoms with Crippen LogP contribution in [0.1, 0.15) is 29.8 Å². The van der Waals surface area contributed by atoms with Crippen molar-refractivity contribution in [3.05, 3.63) is 54.1 Å². The number of esters is 1. The number of carbonyl (C=O) groups excluding carboxylic acids is 4. The zero-order valence-corrected chi connectivity index (χ0v) is 18.8. The van der Waals surface area contributed by atoms with Crippen molar-refractivity contribution in [1.29, 1.82) is 0 Å². The molecule has 1 fully saturated rings. The number of methoxy groups -OCH3 is 1. The fraction of sp³-hybridized carbons (Fsp3) is 0.364. The summed E-state index contributed by atoms with van der Waals surface area (Å²) in [5, 5.41) is 7.51. The van der Waals surface area contributed by atoms with Crippen LogP contribution in [0.4, 0.5) is 19.3 Å². The number of anilines is 1. The second-order valence-corrected chi connectivity index (χ2v) is 7.62. The molecule has 1 aliphatic rings. The Morgan fingerprint density at radius 1 is 1.20 bits per heavy atom. The van der Waals surface area contributed by atoms with E-state index < -0.39 is 47.5 Å². The van der Waals surface area contributed by atoms with E-state index in [1.165, 1.54) is 30.6 Å². The highest BCUT2D eigenvalue weighted by molar-refractivity contribution is 5.97. The molecule has 4 amide bonds. The Balaban J connectivity index is 1.71. The third-order valence-corrected chi connectivity index (χ3v) is 5.29. The number of ether oxygens (including phenoxy) is 1. The minimum atomic E-state index is -1.11. The molecular formula is C22H24F2N6O5. The summed E-state index contributed by atoms with van der Waals surface area (Å²) in [7, 11) is 1.26. The Kier molecular flexibility index (Phi) is 8.59. The molecule has 1 aliphatic heterocycles. The molecule has 35 heavy (non-hydrogen) atoms. The molecule has 2 aromatic rings. The standard InChI is InChI=1S/C22H24F2N6O5/c1-35-18(31)3-2-7-27-20(32)19-16(6-10-30(19)21(33)17-12-25-8-9-26-17)29-22(34)28-15-5-4-13(23)11-14(15)24/h4-5,8-9,11-12,16,19H,2-3,6-7,10H2,1H3,(H,27,32)(H2,28,29,34). The fourth-order valence-electron chi connectivity index (χ4n) is 3.62. The molecule has 1 aromatic heterocycles. The van der Waals surface area contributed by atoms with Crippen molar-refractivity contribution in [1.82, 2.24) is 25.5 Å². The highest BCUT2D eigenvalue weighted by Gasteiger charge is 2.43. The van der Waals surface area contributed by atoms with E-state index in [0.29, 0.717) is 12.5 Å². The van der Waals surface area contributed by atoms with Crippen LogP contribution in [0, 0.1) is 11.6 Å². The van der Waals surface area contributed by atoms with E-state index in [2.05, 4.69) is 30.7 Å². The Morgan fingerprint density at radius 2 is 2.00 bits per heavy atom. The first-order chi connectivity index (χ1) is 16.8. The molecule has 1 saturated heterocycles. The summed E-state index contributed by atoms with van der Waals surface area (Å²) in [6, 6.07) is -0.0881. The van der Waals surface area contributed by atoms with Crippen LogP contribution in [0.5, 0.6) is 0 Å². The fourth-order valence-corrected chi connectivity index (χ4v) is 3.62. The molecule has 11 nitrogen and oxygen atoms in total. The van der Waals surface area contributed by atoms with Crippen molar-refractivity contribution in [2.24, 2.45) is 0 Å². The van der Waals surface area contributed by atoms with Gasteiger partial charge < -0.3 is 25.6 Å². The maximum Gasteiger partial charge on any atom is 0.319 e. The van der Waals surface area contributed by atoms with Crippen molar-refractivity contribution < 1.29 is 32.7 Å². The first-order valence-corrected chi connectivity index (χ1v) is 10.7. The van der Waals surface area contributed by atoms with Crippen LogP contribution >= 0.6 is 0 Å². The second kappa shape index (κ2) is 11.8. The van der Waals surface area contributed by atoms with Crippen LogP contribution in [0.15, 0.2) is 36.8 Å². The summed E-state index contributed by atoms with van der Waals surface area (Å²) in [5.41, 5.74) is -0.229. The highest BCUT2D eigenvalue weighted by atomic mass is 19.1. The molecule has 0 radical (unpaired) electrons. The molecule has 3 N–H and O–H groups in total. The maximum absolute atomic E-state index is 13.9. The van der Waals surface area contributed by atoms with Crippen molar-refractivity contribution in [3.8, 4) is 0 Å². The van der Waals surface area contributed by atoms with Crippen LogP contribution in [0.3, 0.4) is 0 Å². The van der Waals surface area contributed by atoms with E-state index in [0.717, 1.165) is 12.1 Å². The van der Waals surface area contributed by atoms with Gasteiger partial charge in [-0.2, -0.15) is 0 Å². The van der Waals surface area contributed by atoms with Gasteiger partial charge in [0.05, 0.1) is 25.0 Å². The first kappa shape index (κ1) is 25.5. The number of amides is 4. The predicted molar refractivity (Wildman–Crippen MR) is 118 cm³/mol. The van der Waals surface area contributed by atoms with E-state index >= 15 is 0 Å². The average Bonchev–Trinajstić information content (AvgIpc) is 3.26. The lowest BCUT2D eigenvalue weighted by Gasteiger charge is -2.27. The van der Waals surface area contributed by atoms with Crippen LogP contribution in [-0.4, -0.2) is 71.0 Å². The van der Waals surface area contributed by atoms with Gasteiger partial charge in [-0.3, -0.25) is 19.4 Å². The molecule has 2 unspecified atom stereocenters. The number of urea groups is 1. The quantitative estimate of drug-likeness (QED) is 0.373. The predicted octanol–water partition coefficient (Wildman–Crippen LogP) is 1.23. The van der Waals surface area contributed by atoms with Gasteiger partial charge in [-0.1, -0.05) is 0 Å². The molecule has 2 heterocycles. The largest absolute Gasteiger partial charge is 0.469 e. The number of rotatable bonds is 8. The lowest BCUT2D eigenvalue weighted by atomic mass is 10.1. The van der Waals surface area contributed by atoms with Gasteiger partial charge in [-0.05, 0) is 25.0 Å². The number of hydrogen-bond acceptors (Lipinski definition) is 7. The number of aromatic nitrogens is 2. The zero-order chi connectivity index (χ0) is 25.4. The van der Waals surface area contributed by atoms with Gasteiger partial charge in [0, 0.05) is 38.0 Å². The number of nitrogens with one attached hydrogen (secondary N) is 3. The number of hydrogen-bond donors (Lipinski definition) is 3. The molecule has 0 saturated carbocycles. The Hall–Kier alpha value is -4.16. The van der Waals surface area contributed by atoms with E-state index in [1.54, 1.807) is 0 Å². The van der Waals surface area contributed by atoms with Crippen molar-refractivity contribution >= 4 is 29.5 Å². The Labute approximate surface area is 199 Å². The summed E-state index contributed by atoms with van der Waals surface area (Å²) in [4.78, 5) is 58.9. The SMILES string of the molecule is COC(=O)CCCNC(=O)C1C(NC(=O)Nc2ccc(F)cc2F)CCN1C(=O)c1cnccn1. The lowest BCUT2D eigenvalue weighted by Crippen LogP contribution is -2.55. The van der Waals surface area contributed by atoms with Gasteiger partial charge in [0.25, 0.3) is 5.91 Å². The van der Waals surface area contributed by atoms with Crippen LogP contribution in [-0.2, 0) is 14.3 Å². The van der Waals surface area contributed by atoms with E-state index in [4.69, 9.17) is 0 Å². The summed E-state index contributed by atoms with van der Waals surface area (Å²) in [5.74, 6) is -3.30. The number of nitrogens with zero attached hydrogens (tertiary/aromatic N) is 3. The molecule has 1 aromatic carbocycles. The van der Waals surface area contributed by atoms with Crippen LogP contribution < -0.4 is 16.0 Å². The summed E-state index contributed by atoms with van der Waals surface area (Å²) >= 11 is 0. The Bertz CT molecular complexity index is 1090. The second-order valence-electron chi connectivity index (χ2n) is 7.62. The topological polar surface area (TPSA) is 143 Å². The normalized spacial score (nSPS) is 16.9. The molecule has 186 valence electrons. The van der Waals surface area contributed by atoms with E-state index in [1.807, 2.05) is 0 Å². The van der Waals surface area contributed by atoms with Gasteiger partial charge >= 0.3 is 12.0 Å². The molecular weight excluding hydrogens is 466 g/mol. The number of likely N-dealkylation sites (tertiary alicyclic amines) is 1. The number of carbonyl (C=O) groups is 4. The zero-order valence-electron chi connectivity index (χ0n) is 18.8. The molecule has 0 bridgehead atoms. The first-order valence-electron chi connectivity index (χ1n) is 10.7. The van der Waals surface area contributed by atoms with E-state index in [-0.39, 0.29) is 37.3 Å². The molecule has 2 atom stereocenters. The molecule has 0 aliphatic carbocycles. The molecule has 3 rings (SSSR count). The van der Waals surface area contributed by atoms with Crippen LogP contribution in [0.2, 0.25) is 0 Å².